The van der Waals surface area contributed by atoms with Crippen LogP contribution in [-0.4, -0.2) is 13.1 Å². The van der Waals surface area contributed by atoms with E-state index in [1.54, 1.807) is 6.07 Å². The van der Waals surface area contributed by atoms with Crippen molar-refractivity contribution in [3.05, 3.63) is 34.6 Å². The highest BCUT2D eigenvalue weighted by Gasteiger charge is 2.23. The molecule has 2 rings (SSSR count). The summed E-state index contributed by atoms with van der Waals surface area (Å²) >= 11 is 5.77. The quantitative estimate of drug-likeness (QED) is 0.855. The van der Waals surface area contributed by atoms with Crippen LogP contribution in [0.1, 0.15) is 24.8 Å². The molecule has 0 aliphatic heterocycles. The molecule has 2 unspecified atom stereocenters. The van der Waals surface area contributed by atoms with Crippen molar-refractivity contribution in [2.45, 2.75) is 31.7 Å². The fourth-order valence-electron chi connectivity index (χ4n) is 2.52. The maximum Gasteiger partial charge on any atom is 0.141 e. The van der Waals surface area contributed by atoms with Crippen molar-refractivity contribution in [1.29, 1.82) is 0 Å². The summed E-state index contributed by atoms with van der Waals surface area (Å²) in [4.78, 5) is 0. The molecule has 1 aromatic rings. The number of nitrogens with one attached hydrogen (secondary N) is 1. The zero-order valence-electron chi connectivity index (χ0n) is 9.47. The summed E-state index contributed by atoms with van der Waals surface area (Å²) in [7, 11) is 2.02. The van der Waals surface area contributed by atoms with Crippen molar-refractivity contribution in [1.82, 2.24) is 5.32 Å². The van der Waals surface area contributed by atoms with Gasteiger partial charge in [0.1, 0.15) is 5.82 Å². The van der Waals surface area contributed by atoms with Crippen LogP contribution < -0.4 is 5.32 Å². The van der Waals surface area contributed by atoms with E-state index < -0.39 is 0 Å². The third-order valence-corrected chi connectivity index (χ3v) is 3.75. The number of hydrogen-bond donors (Lipinski definition) is 1. The van der Waals surface area contributed by atoms with Gasteiger partial charge in [-0.25, -0.2) is 4.39 Å². The van der Waals surface area contributed by atoms with E-state index >= 15 is 0 Å². The van der Waals surface area contributed by atoms with Crippen LogP contribution in [0.25, 0.3) is 0 Å². The molecule has 1 aromatic carbocycles. The van der Waals surface area contributed by atoms with Crippen LogP contribution >= 0.6 is 11.6 Å². The fourth-order valence-corrected chi connectivity index (χ4v) is 2.73. The molecule has 1 aliphatic carbocycles. The Labute approximate surface area is 101 Å². The van der Waals surface area contributed by atoms with Crippen LogP contribution in [0.4, 0.5) is 4.39 Å². The maximum absolute atomic E-state index is 13.0. The minimum absolute atomic E-state index is 0.237. The lowest BCUT2D eigenvalue weighted by Gasteiger charge is -2.11. The topological polar surface area (TPSA) is 12.0 Å². The molecular formula is C13H17ClFN. The predicted octanol–water partition coefficient (Wildman–Crippen LogP) is 3.41. The molecule has 1 nitrogen and oxygen atoms in total. The molecule has 0 saturated heterocycles. The Morgan fingerprint density at radius 2 is 2.25 bits per heavy atom. The standard InChI is InChI=1S/C13H17ClFN/c1-16-11-4-2-9(7-11)6-10-3-5-13(15)12(14)8-10/h3,5,8-9,11,16H,2,4,6-7H2,1H3. The van der Waals surface area contributed by atoms with Crippen LogP contribution in [0.2, 0.25) is 5.02 Å². The van der Waals surface area contributed by atoms with Gasteiger partial charge in [-0.3, -0.25) is 0 Å². The van der Waals surface area contributed by atoms with E-state index in [2.05, 4.69) is 5.32 Å². The van der Waals surface area contributed by atoms with E-state index in [-0.39, 0.29) is 10.8 Å². The molecule has 1 fully saturated rings. The summed E-state index contributed by atoms with van der Waals surface area (Å²) in [5, 5.41) is 3.55. The molecule has 3 heteroatoms. The Bertz CT molecular complexity index is 367. The van der Waals surface area contributed by atoms with Crippen LogP contribution in [0.3, 0.4) is 0 Å². The van der Waals surface area contributed by atoms with Gasteiger partial charge in [0.15, 0.2) is 0 Å². The lowest BCUT2D eigenvalue weighted by molar-refractivity contribution is 0.509. The monoisotopic (exact) mass is 241 g/mol. The molecule has 0 heterocycles. The van der Waals surface area contributed by atoms with Gasteiger partial charge in [-0.05, 0) is 56.3 Å². The third-order valence-electron chi connectivity index (χ3n) is 3.46. The molecule has 0 amide bonds. The number of halogens is 2. The fraction of sp³-hybridized carbons (Fsp3) is 0.538. The molecule has 1 aliphatic rings. The lowest BCUT2D eigenvalue weighted by Crippen LogP contribution is -2.21. The normalized spacial score (nSPS) is 24.9. The second-order valence-corrected chi connectivity index (χ2v) is 5.02. The van der Waals surface area contributed by atoms with E-state index in [9.17, 15) is 4.39 Å². The first kappa shape index (κ1) is 11.9. The number of hydrogen-bond acceptors (Lipinski definition) is 1. The van der Waals surface area contributed by atoms with Crippen LogP contribution in [0, 0.1) is 11.7 Å². The summed E-state index contributed by atoms with van der Waals surface area (Å²) in [6, 6.07) is 5.71. The summed E-state index contributed by atoms with van der Waals surface area (Å²) < 4.78 is 13.0. The molecule has 88 valence electrons. The number of benzene rings is 1. The second-order valence-electron chi connectivity index (χ2n) is 4.62. The minimum Gasteiger partial charge on any atom is -0.317 e. The first-order valence-corrected chi connectivity index (χ1v) is 6.18. The van der Waals surface area contributed by atoms with Crippen molar-refractivity contribution in [2.75, 3.05) is 7.05 Å². The van der Waals surface area contributed by atoms with Crippen molar-refractivity contribution in [2.24, 2.45) is 5.92 Å². The van der Waals surface area contributed by atoms with Crippen LogP contribution in [0.15, 0.2) is 18.2 Å². The molecule has 2 atom stereocenters. The smallest absolute Gasteiger partial charge is 0.141 e. The second kappa shape index (κ2) is 5.15. The van der Waals surface area contributed by atoms with Gasteiger partial charge in [0.05, 0.1) is 5.02 Å². The summed E-state index contributed by atoms with van der Waals surface area (Å²) in [5.74, 6) is 0.379. The van der Waals surface area contributed by atoms with Crippen molar-refractivity contribution in [3.8, 4) is 0 Å². The van der Waals surface area contributed by atoms with Gasteiger partial charge >= 0.3 is 0 Å². The predicted molar refractivity (Wildman–Crippen MR) is 65.3 cm³/mol. The Balaban J connectivity index is 1.97. The molecule has 1 N–H and O–H groups in total. The average Bonchev–Trinajstić information content (AvgIpc) is 2.71. The van der Waals surface area contributed by atoms with Gasteiger partial charge in [-0.15, -0.1) is 0 Å². The average molecular weight is 242 g/mol. The summed E-state index contributed by atoms with van der Waals surface area (Å²) in [5.41, 5.74) is 1.15. The minimum atomic E-state index is -0.329. The molecular weight excluding hydrogens is 225 g/mol. The van der Waals surface area contributed by atoms with Gasteiger partial charge in [0, 0.05) is 6.04 Å². The van der Waals surface area contributed by atoms with E-state index in [4.69, 9.17) is 11.6 Å². The third kappa shape index (κ3) is 2.74. The molecule has 0 bridgehead atoms. The van der Waals surface area contributed by atoms with Crippen molar-refractivity contribution in [3.63, 3.8) is 0 Å². The van der Waals surface area contributed by atoms with Crippen molar-refractivity contribution < 1.29 is 4.39 Å². The molecule has 0 radical (unpaired) electrons. The zero-order chi connectivity index (χ0) is 11.5. The highest BCUT2D eigenvalue weighted by atomic mass is 35.5. The van der Waals surface area contributed by atoms with Gasteiger partial charge in [-0.2, -0.15) is 0 Å². The lowest BCUT2D eigenvalue weighted by atomic mass is 9.98. The first-order chi connectivity index (χ1) is 7.69. The largest absolute Gasteiger partial charge is 0.317 e. The van der Waals surface area contributed by atoms with Gasteiger partial charge in [-0.1, -0.05) is 17.7 Å². The van der Waals surface area contributed by atoms with Crippen molar-refractivity contribution >= 4 is 11.6 Å². The molecule has 1 saturated carbocycles. The highest BCUT2D eigenvalue weighted by Crippen LogP contribution is 2.29. The summed E-state index contributed by atoms with van der Waals surface area (Å²) in [6.45, 7) is 0. The Kier molecular flexibility index (Phi) is 3.82. The van der Waals surface area contributed by atoms with E-state index in [1.165, 1.54) is 25.3 Å². The van der Waals surface area contributed by atoms with Crippen LogP contribution in [-0.2, 0) is 6.42 Å². The van der Waals surface area contributed by atoms with E-state index in [0.29, 0.717) is 12.0 Å². The van der Waals surface area contributed by atoms with Gasteiger partial charge in [0.2, 0.25) is 0 Å². The van der Waals surface area contributed by atoms with Gasteiger partial charge < -0.3 is 5.32 Å². The molecule has 16 heavy (non-hydrogen) atoms. The van der Waals surface area contributed by atoms with E-state index in [0.717, 1.165) is 12.0 Å². The van der Waals surface area contributed by atoms with Gasteiger partial charge in [0.25, 0.3) is 0 Å². The van der Waals surface area contributed by atoms with Crippen LogP contribution in [0.5, 0.6) is 0 Å². The Morgan fingerprint density at radius 1 is 1.44 bits per heavy atom. The zero-order valence-corrected chi connectivity index (χ0v) is 10.2. The SMILES string of the molecule is CNC1CCC(Cc2ccc(F)c(Cl)c2)C1. The first-order valence-electron chi connectivity index (χ1n) is 5.80. The highest BCUT2D eigenvalue weighted by molar-refractivity contribution is 6.30. The Morgan fingerprint density at radius 3 is 2.88 bits per heavy atom. The summed E-state index contributed by atoms with van der Waals surface area (Å²) in [6.07, 6.45) is 4.72. The maximum atomic E-state index is 13.0. The Hall–Kier alpha value is -0.600. The van der Waals surface area contributed by atoms with E-state index in [1.807, 2.05) is 13.1 Å². The molecule has 0 aromatic heterocycles. The number of rotatable bonds is 3. The molecule has 0 spiro atoms.